The number of Topliss-reactive ketones (excluding diaryl/α,β-unsaturated/α-hetero) is 1. The maximum atomic E-state index is 12.4. The number of hydrogen-bond donors (Lipinski definition) is 1. The van der Waals surface area contributed by atoms with Crippen LogP contribution in [0.2, 0.25) is 0 Å². The molecule has 0 saturated heterocycles. The molecule has 0 amide bonds. The monoisotopic (exact) mass is 388 g/mol. The van der Waals surface area contributed by atoms with E-state index in [4.69, 9.17) is 15.1 Å². The van der Waals surface area contributed by atoms with Crippen molar-refractivity contribution in [2.75, 3.05) is 0 Å². The fourth-order valence-corrected chi connectivity index (χ4v) is 3.59. The Balaban J connectivity index is 1.72. The summed E-state index contributed by atoms with van der Waals surface area (Å²) in [4.78, 5) is 33.0. The van der Waals surface area contributed by atoms with Crippen LogP contribution in [-0.2, 0) is 11.2 Å². The van der Waals surface area contributed by atoms with Crippen LogP contribution < -0.4 is 0 Å². The molecule has 0 unspecified atom stereocenters. The average Bonchev–Trinajstić information content (AvgIpc) is 3.55. The number of ketones is 1. The number of carbonyl (C=O) groups is 2. The van der Waals surface area contributed by atoms with Gasteiger partial charge in [-0.1, -0.05) is 23.8 Å². The van der Waals surface area contributed by atoms with E-state index in [0.29, 0.717) is 18.4 Å². The number of aliphatic carboxylic acids is 1. The van der Waals surface area contributed by atoms with Crippen LogP contribution in [0.3, 0.4) is 0 Å². The van der Waals surface area contributed by atoms with E-state index in [0.717, 1.165) is 52.8 Å². The van der Waals surface area contributed by atoms with Gasteiger partial charge in [0.15, 0.2) is 5.78 Å². The predicted molar refractivity (Wildman–Crippen MR) is 112 cm³/mol. The maximum Gasteiger partial charge on any atom is 0.303 e. The number of carbonyl (C=O) groups excluding carboxylic acids is 1. The number of aromatic nitrogens is 2. The molecule has 1 aliphatic carbocycles. The molecular formula is C24H24N2O3. The van der Waals surface area contributed by atoms with E-state index in [-0.39, 0.29) is 18.1 Å². The summed E-state index contributed by atoms with van der Waals surface area (Å²) in [6.07, 6.45) is 4.09. The number of fused-ring (bicyclic) bond motifs is 1. The third-order valence-electron chi connectivity index (χ3n) is 5.31. The number of aryl methyl sites for hydroxylation is 2. The maximum absolute atomic E-state index is 12.4. The molecule has 0 atom stereocenters. The van der Waals surface area contributed by atoms with E-state index < -0.39 is 5.97 Å². The molecule has 3 aromatic rings. The lowest BCUT2D eigenvalue weighted by molar-refractivity contribution is -0.137. The summed E-state index contributed by atoms with van der Waals surface area (Å²) in [6, 6.07) is 13.7. The van der Waals surface area contributed by atoms with Crippen LogP contribution in [0.1, 0.15) is 53.7 Å². The number of hydrogen-bond acceptors (Lipinski definition) is 4. The Labute approximate surface area is 169 Å². The molecule has 4 rings (SSSR count). The zero-order valence-electron chi connectivity index (χ0n) is 16.5. The van der Waals surface area contributed by atoms with Crippen LogP contribution in [0.4, 0.5) is 0 Å². The minimum atomic E-state index is -0.781. The SMILES string of the molecule is Cc1cccc(-c2nc3ccc(C(=O)C4CC4)cc3nc2CCCCC(=O)O)c1. The predicted octanol–water partition coefficient (Wildman–Crippen LogP) is 5.00. The second kappa shape index (κ2) is 8.11. The highest BCUT2D eigenvalue weighted by molar-refractivity contribution is 6.01. The molecule has 1 fully saturated rings. The van der Waals surface area contributed by atoms with Crippen molar-refractivity contribution in [1.29, 1.82) is 0 Å². The molecular weight excluding hydrogens is 364 g/mol. The van der Waals surface area contributed by atoms with Gasteiger partial charge in [-0.25, -0.2) is 9.97 Å². The van der Waals surface area contributed by atoms with Crippen molar-refractivity contribution in [3.8, 4) is 11.3 Å². The first-order valence-corrected chi connectivity index (χ1v) is 10.1. The lowest BCUT2D eigenvalue weighted by atomic mass is 10.0. The third kappa shape index (κ3) is 4.50. The molecule has 0 aliphatic heterocycles. The van der Waals surface area contributed by atoms with Crippen LogP contribution in [0, 0.1) is 12.8 Å². The summed E-state index contributed by atoms with van der Waals surface area (Å²) in [5.41, 5.74) is 6.03. The van der Waals surface area contributed by atoms with Gasteiger partial charge in [-0.2, -0.15) is 0 Å². The number of carboxylic acids is 1. The van der Waals surface area contributed by atoms with E-state index in [2.05, 4.69) is 6.07 Å². The normalized spacial score (nSPS) is 13.6. The molecule has 0 radical (unpaired) electrons. The Bertz CT molecular complexity index is 1090. The van der Waals surface area contributed by atoms with E-state index in [1.54, 1.807) is 0 Å². The minimum absolute atomic E-state index is 0.154. The Hall–Kier alpha value is -3.08. The van der Waals surface area contributed by atoms with Crippen LogP contribution >= 0.6 is 0 Å². The average molecular weight is 388 g/mol. The number of rotatable bonds is 8. The Morgan fingerprint density at radius 2 is 1.86 bits per heavy atom. The minimum Gasteiger partial charge on any atom is -0.481 e. The van der Waals surface area contributed by atoms with Crippen molar-refractivity contribution in [2.24, 2.45) is 5.92 Å². The van der Waals surface area contributed by atoms with Crippen LogP contribution in [0.25, 0.3) is 22.3 Å². The molecule has 5 heteroatoms. The number of nitrogens with zero attached hydrogens (tertiary/aromatic N) is 2. The van der Waals surface area contributed by atoms with Crippen molar-refractivity contribution in [3.05, 3.63) is 59.3 Å². The van der Waals surface area contributed by atoms with Gasteiger partial charge in [-0.3, -0.25) is 9.59 Å². The Morgan fingerprint density at radius 3 is 2.59 bits per heavy atom. The van der Waals surface area contributed by atoms with Crippen molar-refractivity contribution < 1.29 is 14.7 Å². The smallest absolute Gasteiger partial charge is 0.303 e. The molecule has 1 saturated carbocycles. The molecule has 0 spiro atoms. The highest BCUT2D eigenvalue weighted by Gasteiger charge is 2.30. The van der Waals surface area contributed by atoms with E-state index >= 15 is 0 Å². The van der Waals surface area contributed by atoms with Gasteiger partial charge in [-0.05, 0) is 63.3 Å². The quantitative estimate of drug-likeness (QED) is 0.434. The molecule has 148 valence electrons. The van der Waals surface area contributed by atoms with Crippen molar-refractivity contribution >= 4 is 22.8 Å². The van der Waals surface area contributed by atoms with Crippen molar-refractivity contribution in [1.82, 2.24) is 9.97 Å². The van der Waals surface area contributed by atoms with Gasteiger partial charge in [0.25, 0.3) is 0 Å². The van der Waals surface area contributed by atoms with Gasteiger partial charge >= 0.3 is 5.97 Å². The van der Waals surface area contributed by atoms with Crippen molar-refractivity contribution in [2.45, 2.75) is 45.4 Å². The molecule has 1 aliphatic rings. The number of carboxylic acid groups (broad SMARTS) is 1. The molecule has 1 heterocycles. The van der Waals surface area contributed by atoms with Crippen LogP contribution in [0.15, 0.2) is 42.5 Å². The lowest BCUT2D eigenvalue weighted by Crippen LogP contribution is -2.04. The van der Waals surface area contributed by atoms with E-state index in [1.165, 1.54) is 0 Å². The van der Waals surface area contributed by atoms with Gasteiger partial charge in [0.1, 0.15) is 0 Å². The first-order valence-electron chi connectivity index (χ1n) is 10.1. The zero-order chi connectivity index (χ0) is 20.4. The summed E-state index contributed by atoms with van der Waals surface area (Å²) in [7, 11) is 0. The second-order valence-corrected chi connectivity index (χ2v) is 7.83. The molecule has 5 nitrogen and oxygen atoms in total. The first-order chi connectivity index (χ1) is 14.0. The van der Waals surface area contributed by atoms with E-state index in [1.807, 2.05) is 43.3 Å². The van der Waals surface area contributed by atoms with Crippen LogP contribution in [0.5, 0.6) is 0 Å². The highest BCUT2D eigenvalue weighted by atomic mass is 16.4. The van der Waals surface area contributed by atoms with Gasteiger partial charge in [0.2, 0.25) is 0 Å². The van der Waals surface area contributed by atoms with Gasteiger partial charge in [0, 0.05) is 23.5 Å². The molecule has 29 heavy (non-hydrogen) atoms. The Morgan fingerprint density at radius 1 is 1.03 bits per heavy atom. The largest absolute Gasteiger partial charge is 0.481 e. The fourth-order valence-electron chi connectivity index (χ4n) is 3.59. The fraction of sp³-hybridized carbons (Fsp3) is 0.333. The molecule has 2 aromatic carbocycles. The second-order valence-electron chi connectivity index (χ2n) is 7.83. The van der Waals surface area contributed by atoms with Gasteiger partial charge in [-0.15, -0.1) is 0 Å². The summed E-state index contributed by atoms with van der Waals surface area (Å²) >= 11 is 0. The van der Waals surface area contributed by atoms with Gasteiger partial charge < -0.3 is 5.11 Å². The molecule has 0 bridgehead atoms. The topological polar surface area (TPSA) is 80.2 Å². The standard InChI is InChI=1S/C24H24N2O3/c1-15-5-4-6-17(13-15)23-20(7-2-3-8-22(27)28)25-21-14-18(11-12-19(21)26-23)24(29)16-9-10-16/h4-6,11-14,16H,2-3,7-10H2,1H3,(H,27,28). The molecule has 1 aromatic heterocycles. The van der Waals surface area contributed by atoms with E-state index in [9.17, 15) is 9.59 Å². The highest BCUT2D eigenvalue weighted by Crippen LogP contribution is 2.33. The lowest BCUT2D eigenvalue weighted by Gasteiger charge is -2.11. The van der Waals surface area contributed by atoms with Crippen molar-refractivity contribution in [3.63, 3.8) is 0 Å². The zero-order valence-corrected chi connectivity index (χ0v) is 16.5. The first kappa shape index (κ1) is 19.2. The number of benzene rings is 2. The van der Waals surface area contributed by atoms with Crippen LogP contribution in [-0.4, -0.2) is 26.8 Å². The number of unbranched alkanes of at least 4 members (excludes halogenated alkanes) is 1. The Kier molecular flexibility index (Phi) is 5.38. The molecule has 1 N–H and O–H groups in total. The summed E-state index contributed by atoms with van der Waals surface area (Å²) in [5.74, 6) is -0.418. The summed E-state index contributed by atoms with van der Waals surface area (Å²) in [5, 5.41) is 8.89. The third-order valence-corrected chi connectivity index (χ3v) is 5.31. The summed E-state index contributed by atoms with van der Waals surface area (Å²) < 4.78 is 0. The van der Waals surface area contributed by atoms with Gasteiger partial charge in [0.05, 0.1) is 22.4 Å². The summed E-state index contributed by atoms with van der Waals surface area (Å²) in [6.45, 7) is 2.04.